The van der Waals surface area contributed by atoms with Gasteiger partial charge in [-0.3, -0.25) is 9.59 Å². The fourth-order valence-corrected chi connectivity index (χ4v) is 2.62. The Balaban J connectivity index is 2.41. The fourth-order valence-electron chi connectivity index (χ4n) is 2.62. The van der Waals surface area contributed by atoms with Crippen molar-refractivity contribution in [2.24, 2.45) is 17.6 Å². The molecular formula is C14H25N3O4. The van der Waals surface area contributed by atoms with Gasteiger partial charge in [0.1, 0.15) is 6.04 Å². The van der Waals surface area contributed by atoms with E-state index < -0.39 is 17.9 Å². The van der Waals surface area contributed by atoms with Crippen LogP contribution in [-0.4, -0.2) is 42.0 Å². The monoisotopic (exact) mass is 299 g/mol. The van der Waals surface area contributed by atoms with Crippen molar-refractivity contribution in [3.63, 3.8) is 0 Å². The van der Waals surface area contributed by atoms with Crippen LogP contribution in [0.5, 0.6) is 0 Å². The van der Waals surface area contributed by atoms with Gasteiger partial charge >= 0.3 is 5.97 Å². The van der Waals surface area contributed by atoms with Gasteiger partial charge in [-0.1, -0.05) is 6.92 Å². The molecule has 2 amide bonds. The zero-order chi connectivity index (χ0) is 15.8. The molecule has 120 valence electrons. The number of carboxylic acid groups (broad SMARTS) is 1. The standard InChI is InChI=1S/C14H25N3O4/c1-9(10-3-2-6-16-8-10)7-13(19)17-11(14(20)21)4-5-12(15)18/h9-11,16H,2-8H2,1H3,(H2,15,18)(H,17,19)(H,20,21)/t9?,10?,11-/m0/s1. The molecule has 0 bridgehead atoms. The van der Waals surface area contributed by atoms with Crippen molar-refractivity contribution >= 4 is 17.8 Å². The average molecular weight is 299 g/mol. The second-order valence-electron chi connectivity index (χ2n) is 5.75. The lowest BCUT2D eigenvalue weighted by Crippen LogP contribution is -2.43. The van der Waals surface area contributed by atoms with Gasteiger partial charge in [-0.25, -0.2) is 4.79 Å². The highest BCUT2D eigenvalue weighted by molar-refractivity contribution is 5.84. The van der Waals surface area contributed by atoms with Crippen molar-refractivity contribution in [3.05, 3.63) is 0 Å². The maximum atomic E-state index is 11.9. The molecule has 7 heteroatoms. The molecule has 0 radical (unpaired) electrons. The summed E-state index contributed by atoms with van der Waals surface area (Å²) in [6, 6.07) is -1.05. The van der Waals surface area contributed by atoms with Gasteiger partial charge < -0.3 is 21.5 Å². The van der Waals surface area contributed by atoms with Crippen molar-refractivity contribution in [1.82, 2.24) is 10.6 Å². The molecule has 0 aromatic carbocycles. The van der Waals surface area contributed by atoms with Crippen LogP contribution < -0.4 is 16.4 Å². The number of piperidine rings is 1. The smallest absolute Gasteiger partial charge is 0.326 e. The Morgan fingerprint density at radius 3 is 2.67 bits per heavy atom. The first-order valence-electron chi connectivity index (χ1n) is 7.41. The minimum Gasteiger partial charge on any atom is -0.480 e. The summed E-state index contributed by atoms with van der Waals surface area (Å²) in [5, 5.41) is 14.8. The lowest BCUT2D eigenvalue weighted by Gasteiger charge is -2.28. The SMILES string of the molecule is CC(CC(=O)N[C@@H](CCC(N)=O)C(=O)O)C1CCCNC1. The van der Waals surface area contributed by atoms with Crippen LogP contribution in [0.3, 0.4) is 0 Å². The predicted molar refractivity (Wildman–Crippen MR) is 77.4 cm³/mol. The summed E-state index contributed by atoms with van der Waals surface area (Å²) >= 11 is 0. The van der Waals surface area contributed by atoms with Gasteiger partial charge in [-0.2, -0.15) is 0 Å². The van der Waals surface area contributed by atoms with Crippen molar-refractivity contribution < 1.29 is 19.5 Å². The van der Waals surface area contributed by atoms with Gasteiger partial charge in [0, 0.05) is 12.8 Å². The van der Waals surface area contributed by atoms with Crippen molar-refractivity contribution in [1.29, 1.82) is 0 Å². The highest BCUT2D eigenvalue weighted by Crippen LogP contribution is 2.22. The molecule has 1 heterocycles. The number of hydrogen-bond donors (Lipinski definition) is 4. The molecule has 21 heavy (non-hydrogen) atoms. The van der Waals surface area contributed by atoms with E-state index in [1.807, 2.05) is 6.92 Å². The van der Waals surface area contributed by atoms with E-state index in [4.69, 9.17) is 10.8 Å². The number of aliphatic carboxylic acids is 1. The van der Waals surface area contributed by atoms with Crippen LogP contribution in [0, 0.1) is 11.8 Å². The van der Waals surface area contributed by atoms with Crippen molar-refractivity contribution in [3.8, 4) is 0 Å². The lowest BCUT2D eigenvalue weighted by molar-refractivity contribution is -0.142. The third-order valence-electron chi connectivity index (χ3n) is 3.96. The van der Waals surface area contributed by atoms with Crippen LogP contribution in [-0.2, 0) is 14.4 Å². The highest BCUT2D eigenvalue weighted by Gasteiger charge is 2.25. The van der Waals surface area contributed by atoms with E-state index in [9.17, 15) is 14.4 Å². The van der Waals surface area contributed by atoms with Crippen LogP contribution in [0.15, 0.2) is 0 Å². The topological polar surface area (TPSA) is 122 Å². The van der Waals surface area contributed by atoms with Gasteiger partial charge in [0.2, 0.25) is 11.8 Å². The normalized spacial score (nSPS) is 21.3. The molecule has 5 N–H and O–H groups in total. The second kappa shape index (κ2) is 8.61. The first-order chi connectivity index (χ1) is 9.90. The van der Waals surface area contributed by atoms with E-state index in [-0.39, 0.29) is 24.7 Å². The van der Waals surface area contributed by atoms with Crippen LogP contribution in [0.25, 0.3) is 0 Å². The Morgan fingerprint density at radius 1 is 1.43 bits per heavy atom. The summed E-state index contributed by atoms with van der Waals surface area (Å²) < 4.78 is 0. The molecule has 3 atom stereocenters. The Hall–Kier alpha value is -1.63. The highest BCUT2D eigenvalue weighted by atomic mass is 16.4. The number of carboxylic acids is 1. The van der Waals surface area contributed by atoms with Crippen LogP contribution in [0.2, 0.25) is 0 Å². The Kier molecular flexibility index (Phi) is 7.14. The van der Waals surface area contributed by atoms with E-state index >= 15 is 0 Å². The molecule has 1 saturated heterocycles. The third kappa shape index (κ3) is 6.57. The lowest BCUT2D eigenvalue weighted by atomic mass is 9.85. The number of carbonyl (C=O) groups is 3. The van der Waals surface area contributed by atoms with Gasteiger partial charge in [0.15, 0.2) is 0 Å². The Morgan fingerprint density at radius 2 is 2.14 bits per heavy atom. The number of amides is 2. The summed E-state index contributed by atoms with van der Waals surface area (Å²) in [7, 11) is 0. The summed E-state index contributed by atoms with van der Waals surface area (Å²) in [5.41, 5.74) is 5.00. The Labute approximate surface area is 124 Å². The van der Waals surface area contributed by atoms with Gasteiger partial charge in [-0.15, -0.1) is 0 Å². The molecule has 0 aliphatic carbocycles. The maximum absolute atomic E-state index is 11.9. The molecule has 1 fully saturated rings. The van der Waals surface area contributed by atoms with E-state index in [0.29, 0.717) is 12.3 Å². The minimum absolute atomic E-state index is 0.0236. The quantitative estimate of drug-likeness (QED) is 0.496. The van der Waals surface area contributed by atoms with E-state index in [1.54, 1.807) is 0 Å². The second-order valence-corrected chi connectivity index (χ2v) is 5.75. The first kappa shape index (κ1) is 17.4. The van der Waals surface area contributed by atoms with E-state index in [1.165, 1.54) is 0 Å². The predicted octanol–water partition coefficient (Wildman–Crippen LogP) is -0.153. The summed E-state index contributed by atoms with van der Waals surface area (Å²) in [5.74, 6) is -1.36. The number of carbonyl (C=O) groups excluding carboxylic acids is 2. The van der Waals surface area contributed by atoms with Crippen molar-refractivity contribution in [2.75, 3.05) is 13.1 Å². The van der Waals surface area contributed by atoms with Gasteiger partial charge in [-0.05, 0) is 44.2 Å². The fraction of sp³-hybridized carbons (Fsp3) is 0.786. The zero-order valence-electron chi connectivity index (χ0n) is 12.4. The number of primary amides is 1. The van der Waals surface area contributed by atoms with Crippen LogP contribution in [0.1, 0.15) is 39.0 Å². The largest absolute Gasteiger partial charge is 0.480 e. The van der Waals surface area contributed by atoms with Gasteiger partial charge in [0.25, 0.3) is 0 Å². The van der Waals surface area contributed by atoms with E-state index in [2.05, 4.69) is 10.6 Å². The molecular weight excluding hydrogens is 274 g/mol. The van der Waals surface area contributed by atoms with Crippen LogP contribution in [0.4, 0.5) is 0 Å². The summed E-state index contributed by atoms with van der Waals surface area (Å²) in [6.07, 6.45) is 2.46. The molecule has 0 aromatic rings. The molecule has 1 aliphatic rings. The molecule has 2 unspecified atom stereocenters. The van der Waals surface area contributed by atoms with Crippen LogP contribution >= 0.6 is 0 Å². The van der Waals surface area contributed by atoms with E-state index in [0.717, 1.165) is 25.9 Å². The molecule has 1 rings (SSSR count). The maximum Gasteiger partial charge on any atom is 0.326 e. The number of nitrogens with two attached hydrogens (primary N) is 1. The molecule has 7 nitrogen and oxygen atoms in total. The Bertz CT molecular complexity index is 380. The molecule has 0 saturated carbocycles. The molecule has 1 aliphatic heterocycles. The third-order valence-corrected chi connectivity index (χ3v) is 3.96. The number of hydrogen-bond acceptors (Lipinski definition) is 4. The van der Waals surface area contributed by atoms with Crippen molar-refractivity contribution in [2.45, 2.75) is 45.1 Å². The molecule has 0 aromatic heterocycles. The number of nitrogens with one attached hydrogen (secondary N) is 2. The average Bonchev–Trinajstić information content (AvgIpc) is 2.43. The minimum atomic E-state index is -1.14. The van der Waals surface area contributed by atoms with Gasteiger partial charge in [0.05, 0.1) is 0 Å². The first-order valence-corrected chi connectivity index (χ1v) is 7.41. The molecule has 0 spiro atoms. The number of rotatable bonds is 8. The summed E-state index contributed by atoms with van der Waals surface area (Å²) in [6.45, 7) is 3.93. The zero-order valence-corrected chi connectivity index (χ0v) is 12.4. The summed E-state index contributed by atoms with van der Waals surface area (Å²) in [4.78, 5) is 33.7.